The summed E-state index contributed by atoms with van der Waals surface area (Å²) in [6, 6.07) is 10.0. The monoisotopic (exact) mass is 256 g/mol. The summed E-state index contributed by atoms with van der Waals surface area (Å²) in [7, 11) is 1.88. The molecule has 1 aromatic carbocycles. The number of para-hydroxylation sites is 1. The topological polar surface area (TPSA) is 49.8 Å². The molecule has 19 heavy (non-hydrogen) atoms. The van der Waals surface area contributed by atoms with E-state index in [0.717, 1.165) is 28.7 Å². The molecule has 0 amide bonds. The third-order valence-corrected chi connectivity index (χ3v) is 2.95. The molecular formula is C15H20N4. The van der Waals surface area contributed by atoms with Crippen LogP contribution in [0.15, 0.2) is 30.3 Å². The van der Waals surface area contributed by atoms with E-state index in [9.17, 15) is 0 Å². The van der Waals surface area contributed by atoms with Gasteiger partial charge < -0.3 is 10.6 Å². The molecule has 0 aliphatic rings. The van der Waals surface area contributed by atoms with E-state index in [1.54, 1.807) is 0 Å². The number of benzene rings is 1. The van der Waals surface area contributed by atoms with Gasteiger partial charge in [0, 0.05) is 24.2 Å². The van der Waals surface area contributed by atoms with Crippen molar-refractivity contribution in [2.24, 2.45) is 0 Å². The molecule has 0 saturated heterocycles. The van der Waals surface area contributed by atoms with Crippen LogP contribution < -0.4 is 10.6 Å². The summed E-state index contributed by atoms with van der Waals surface area (Å²) in [5.74, 6) is 2.86. The van der Waals surface area contributed by atoms with E-state index in [2.05, 4.69) is 34.4 Å². The van der Waals surface area contributed by atoms with Crippen molar-refractivity contribution in [1.29, 1.82) is 0 Å². The lowest BCUT2D eigenvalue weighted by molar-refractivity contribution is 0.775. The van der Waals surface area contributed by atoms with Crippen molar-refractivity contribution in [1.82, 2.24) is 9.97 Å². The van der Waals surface area contributed by atoms with E-state index < -0.39 is 0 Å². The number of rotatable bonds is 4. The predicted molar refractivity (Wildman–Crippen MR) is 80.1 cm³/mol. The maximum absolute atomic E-state index is 4.61. The van der Waals surface area contributed by atoms with Gasteiger partial charge in [-0.3, -0.25) is 0 Å². The zero-order chi connectivity index (χ0) is 13.8. The smallest absolute Gasteiger partial charge is 0.139 e. The SMILES string of the molecule is CNc1nc(C(C)C)nc(Nc2ccccc2)c1C. The molecule has 1 aromatic heterocycles. The molecule has 100 valence electrons. The molecular weight excluding hydrogens is 236 g/mol. The van der Waals surface area contributed by atoms with Crippen LogP contribution in [0.3, 0.4) is 0 Å². The highest BCUT2D eigenvalue weighted by molar-refractivity contribution is 5.64. The molecule has 0 fully saturated rings. The van der Waals surface area contributed by atoms with Crippen molar-refractivity contribution < 1.29 is 0 Å². The molecule has 0 aliphatic heterocycles. The normalized spacial score (nSPS) is 10.6. The number of nitrogens with zero attached hydrogens (tertiary/aromatic N) is 2. The standard InChI is InChI=1S/C15H20N4/c1-10(2)13-18-14(16-4)11(3)15(19-13)17-12-8-6-5-7-9-12/h5-10H,1-4H3,(H2,16,17,18,19). The molecule has 2 N–H and O–H groups in total. The minimum atomic E-state index is 0.295. The second-order valence-electron chi connectivity index (χ2n) is 4.80. The van der Waals surface area contributed by atoms with Crippen molar-refractivity contribution >= 4 is 17.3 Å². The highest BCUT2D eigenvalue weighted by Crippen LogP contribution is 2.25. The molecule has 0 atom stereocenters. The summed E-state index contributed by atoms with van der Waals surface area (Å²) >= 11 is 0. The van der Waals surface area contributed by atoms with Gasteiger partial charge in [0.2, 0.25) is 0 Å². The van der Waals surface area contributed by atoms with Crippen molar-refractivity contribution in [3.05, 3.63) is 41.7 Å². The molecule has 0 radical (unpaired) electrons. The van der Waals surface area contributed by atoms with E-state index in [1.165, 1.54) is 0 Å². The van der Waals surface area contributed by atoms with Gasteiger partial charge in [0.05, 0.1) is 0 Å². The first-order chi connectivity index (χ1) is 9.11. The number of hydrogen-bond donors (Lipinski definition) is 2. The van der Waals surface area contributed by atoms with Gasteiger partial charge in [-0.15, -0.1) is 0 Å². The minimum Gasteiger partial charge on any atom is -0.373 e. The van der Waals surface area contributed by atoms with E-state index >= 15 is 0 Å². The highest BCUT2D eigenvalue weighted by atomic mass is 15.1. The van der Waals surface area contributed by atoms with Crippen molar-refractivity contribution in [3.8, 4) is 0 Å². The fourth-order valence-electron chi connectivity index (χ4n) is 1.82. The third kappa shape index (κ3) is 3.02. The van der Waals surface area contributed by atoms with E-state index in [1.807, 2.05) is 44.3 Å². The van der Waals surface area contributed by atoms with Gasteiger partial charge in [-0.2, -0.15) is 0 Å². The third-order valence-electron chi connectivity index (χ3n) is 2.95. The number of aromatic nitrogens is 2. The van der Waals surface area contributed by atoms with Crippen LogP contribution in [0.25, 0.3) is 0 Å². The Kier molecular flexibility index (Phi) is 4.00. The molecule has 4 nitrogen and oxygen atoms in total. The number of anilines is 3. The average molecular weight is 256 g/mol. The molecule has 1 heterocycles. The lowest BCUT2D eigenvalue weighted by Crippen LogP contribution is -2.08. The fourth-order valence-corrected chi connectivity index (χ4v) is 1.82. The second-order valence-corrected chi connectivity index (χ2v) is 4.80. The average Bonchev–Trinajstić information content (AvgIpc) is 2.42. The van der Waals surface area contributed by atoms with Crippen LogP contribution >= 0.6 is 0 Å². The zero-order valence-corrected chi connectivity index (χ0v) is 11.9. The number of nitrogens with one attached hydrogen (secondary N) is 2. The van der Waals surface area contributed by atoms with E-state index in [4.69, 9.17) is 0 Å². The Morgan fingerprint density at radius 3 is 2.21 bits per heavy atom. The Hall–Kier alpha value is -2.10. The molecule has 2 aromatic rings. The Morgan fingerprint density at radius 2 is 1.63 bits per heavy atom. The summed E-state index contributed by atoms with van der Waals surface area (Å²) in [6.07, 6.45) is 0. The molecule has 0 spiro atoms. The summed E-state index contributed by atoms with van der Waals surface area (Å²) in [5.41, 5.74) is 2.05. The largest absolute Gasteiger partial charge is 0.373 e. The van der Waals surface area contributed by atoms with Crippen LogP contribution in [-0.4, -0.2) is 17.0 Å². The van der Waals surface area contributed by atoms with Gasteiger partial charge in [0.1, 0.15) is 17.5 Å². The zero-order valence-electron chi connectivity index (χ0n) is 11.9. The van der Waals surface area contributed by atoms with Gasteiger partial charge in [0.25, 0.3) is 0 Å². The minimum absolute atomic E-state index is 0.295. The highest BCUT2D eigenvalue weighted by Gasteiger charge is 2.12. The summed E-state index contributed by atoms with van der Waals surface area (Å²) in [5, 5.41) is 6.48. The molecule has 0 saturated carbocycles. The van der Waals surface area contributed by atoms with Crippen LogP contribution in [0.1, 0.15) is 31.2 Å². The quantitative estimate of drug-likeness (QED) is 0.876. The Balaban J connectivity index is 2.41. The van der Waals surface area contributed by atoms with E-state index in [0.29, 0.717) is 5.92 Å². The first kappa shape index (κ1) is 13.3. The first-order valence-corrected chi connectivity index (χ1v) is 6.50. The van der Waals surface area contributed by atoms with Crippen LogP contribution in [-0.2, 0) is 0 Å². The molecule has 4 heteroatoms. The van der Waals surface area contributed by atoms with E-state index in [-0.39, 0.29) is 0 Å². The summed E-state index contributed by atoms with van der Waals surface area (Å²) in [6.45, 7) is 6.20. The maximum Gasteiger partial charge on any atom is 0.139 e. The van der Waals surface area contributed by atoms with Gasteiger partial charge in [0.15, 0.2) is 0 Å². The van der Waals surface area contributed by atoms with Crippen molar-refractivity contribution in [2.75, 3.05) is 17.7 Å². The lowest BCUT2D eigenvalue weighted by Gasteiger charge is -2.15. The molecule has 0 unspecified atom stereocenters. The predicted octanol–water partition coefficient (Wildman–Crippen LogP) is 3.69. The van der Waals surface area contributed by atoms with Gasteiger partial charge in [-0.05, 0) is 19.1 Å². The van der Waals surface area contributed by atoms with Gasteiger partial charge >= 0.3 is 0 Å². The first-order valence-electron chi connectivity index (χ1n) is 6.50. The fraction of sp³-hybridized carbons (Fsp3) is 0.333. The van der Waals surface area contributed by atoms with Gasteiger partial charge in [-0.25, -0.2) is 9.97 Å². The maximum atomic E-state index is 4.61. The summed E-state index contributed by atoms with van der Waals surface area (Å²) < 4.78 is 0. The van der Waals surface area contributed by atoms with Crippen LogP contribution in [0.5, 0.6) is 0 Å². The van der Waals surface area contributed by atoms with Crippen LogP contribution in [0.4, 0.5) is 17.3 Å². The Morgan fingerprint density at radius 1 is 1.00 bits per heavy atom. The molecule has 2 rings (SSSR count). The Bertz CT molecular complexity index is 550. The van der Waals surface area contributed by atoms with Crippen molar-refractivity contribution in [3.63, 3.8) is 0 Å². The van der Waals surface area contributed by atoms with Gasteiger partial charge in [-0.1, -0.05) is 32.0 Å². The molecule has 0 bridgehead atoms. The number of hydrogen-bond acceptors (Lipinski definition) is 4. The summed E-state index contributed by atoms with van der Waals surface area (Å²) in [4.78, 5) is 9.14. The lowest BCUT2D eigenvalue weighted by atomic mass is 10.2. The molecule has 0 aliphatic carbocycles. The Labute approximate surface area is 114 Å². The van der Waals surface area contributed by atoms with Crippen molar-refractivity contribution in [2.45, 2.75) is 26.7 Å². The second kappa shape index (κ2) is 5.69. The van der Waals surface area contributed by atoms with Crippen LogP contribution in [0.2, 0.25) is 0 Å². The van der Waals surface area contributed by atoms with Crippen LogP contribution in [0, 0.1) is 6.92 Å².